The molecule has 0 radical (unpaired) electrons. The number of carbonyl (C=O) groups is 4. The van der Waals surface area contributed by atoms with Crippen molar-refractivity contribution in [2.75, 3.05) is 146 Å². The second kappa shape index (κ2) is 47.1. The van der Waals surface area contributed by atoms with Gasteiger partial charge in [-0.15, -0.1) is 16.6 Å². The molecule has 0 aliphatic carbocycles. The zero-order valence-corrected chi connectivity index (χ0v) is 56.3. The summed E-state index contributed by atoms with van der Waals surface area (Å²) in [6, 6.07) is -0.918. The zero-order valence-electron chi connectivity index (χ0n) is 56.3. The van der Waals surface area contributed by atoms with Crippen molar-refractivity contribution in [3.05, 3.63) is 23.8 Å². The Hall–Kier alpha value is -6.80. The number of aliphatic hydroxyl groups is 1. The van der Waals surface area contributed by atoms with E-state index in [1.807, 2.05) is 16.0 Å². The number of anilines is 3. The Morgan fingerprint density at radius 3 is 1.58 bits per heavy atom. The van der Waals surface area contributed by atoms with Crippen LogP contribution in [-0.2, 0) is 46.2 Å². The Balaban J connectivity index is 0.962. The lowest BCUT2D eigenvalue weighted by atomic mass is 10.0. The summed E-state index contributed by atoms with van der Waals surface area (Å²) in [5, 5.41) is 35.7. The highest BCUT2D eigenvalue weighted by Gasteiger charge is 2.28. The fourth-order valence-electron chi connectivity index (χ4n) is 11.2. The Morgan fingerprint density at radius 1 is 0.613 bits per heavy atom. The summed E-state index contributed by atoms with van der Waals surface area (Å²) < 4.78 is 19.9. The summed E-state index contributed by atoms with van der Waals surface area (Å²) in [5.74, 6) is 4.74. The number of nitrogens with zero attached hydrogens (tertiary/aromatic N) is 14. The van der Waals surface area contributed by atoms with Gasteiger partial charge in [0.15, 0.2) is 5.96 Å². The van der Waals surface area contributed by atoms with Gasteiger partial charge in [0.1, 0.15) is 18.7 Å². The van der Waals surface area contributed by atoms with Crippen LogP contribution in [0.4, 0.5) is 17.8 Å². The van der Waals surface area contributed by atoms with Gasteiger partial charge in [-0.3, -0.25) is 24.2 Å². The molecule has 28 heteroatoms. The molecule has 0 spiro atoms. The number of nitrogens with two attached hydrogens (primary N) is 3. The van der Waals surface area contributed by atoms with Gasteiger partial charge in [-0.2, -0.15) is 15.0 Å². The van der Waals surface area contributed by atoms with Gasteiger partial charge < -0.3 is 72.1 Å². The van der Waals surface area contributed by atoms with Crippen LogP contribution < -0.4 is 43.0 Å². The van der Waals surface area contributed by atoms with Gasteiger partial charge in [-0.25, -0.2) is 9.36 Å². The number of amides is 4. The van der Waals surface area contributed by atoms with Gasteiger partial charge in [0.05, 0.1) is 44.4 Å². The van der Waals surface area contributed by atoms with Gasteiger partial charge in [0, 0.05) is 117 Å². The minimum absolute atomic E-state index is 0.0181. The number of nitrogens with one attached hydrogen (secondary N) is 3. The molecule has 28 nitrogen and oxygen atoms in total. The second-order valence-corrected chi connectivity index (χ2v) is 24.5. The number of unbranched alkanes of at least 4 members (excludes halogenated alkanes) is 15. The maximum atomic E-state index is 13.4. The van der Waals surface area contributed by atoms with Crippen molar-refractivity contribution < 1.29 is 38.5 Å². The van der Waals surface area contributed by atoms with E-state index in [4.69, 9.17) is 52.8 Å². The number of terminal acetylenes is 1. The predicted molar refractivity (Wildman–Crippen MR) is 361 cm³/mol. The summed E-state index contributed by atoms with van der Waals surface area (Å²) in [5.41, 5.74) is 18.3. The van der Waals surface area contributed by atoms with Gasteiger partial charge in [0.2, 0.25) is 41.5 Å². The number of hydrogen-bond donors (Lipinski definition) is 7. The molecular formula is C65H114N20O8. The molecule has 3 atom stereocenters. The van der Waals surface area contributed by atoms with Gasteiger partial charge in [0.25, 0.3) is 0 Å². The summed E-state index contributed by atoms with van der Waals surface area (Å²) in [7, 11) is 0. The van der Waals surface area contributed by atoms with E-state index in [-0.39, 0.29) is 42.8 Å². The summed E-state index contributed by atoms with van der Waals surface area (Å²) in [4.78, 5) is 80.2. The predicted octanol–water partition coefficient (Wildman–Crippen LogP) is 4.49. The van der Waals surface area contributed by atoms with E-state index in [0.717, 1.165) is 134 Å². The second-order valence-electron chi connectivity index (χ2n) is 24.5. The lowest BCUT2D eigenvalue weighted by molar-refractivity contribution is -0.132. The number of aliphatic imine (C=N–C) groups is 1. The first-order valence-corrected chi connectivity index (χ1v) is 34.9. The number of aliphatic hydroxyl groups excluding tert-OH is 1. The normalized spacial score (nSPS) is 14.4. The summed E-state index contributed by atoms with van der Waals surface area (Å²) in [6.07, 6.45) is 32.1. The molecule has 0 aromatic carbocycles. The molecule has 2 aliphatic rings. The van der Waals surface area contributed by atoms with E-state index >= 15 is 0 Å². The topological polar surface area (TPSA) is 356 Å². The third-order valence-electron chi connectivity index (χ3n) is 17.0. The largest absolute Gasteiger partial charge is 0.396 e. The summed E-state index contributed by atoms with van der Waals surface area (Å²) in [6.45, 7) is 14.1. The number of ether oxygens (including phenoxy) is 3. The van der Waals surface area contributed by atoms with E-state index in [9.17, 15) is 24.3 Å². The molecule has 3 aromatic rings. The van der Waals surface area contributed by atoms with Gasteiger partial charge in [-0.05, 0) is 76.7 Å². The number of aromatic nitrogens is 9. The van der Waals surface area contributed by atoms with Crippen molar-refractivity contribution in [1.29, 1.82) is 0 Å². The number of carbonyl (C=O) groups excluding carboxylic acids is 4. The molecule has 2 aliphatic heterocycles. The number of hydrogen-bond acceptors (Lipinski definition) is 20. The van der Waals surface area contributed by atoms with E-state index in [2.05, 4.69) is 71.1 Å². The highest BCUT2D eigenvalue weighted by molar-refractivity contribution is 5.81. The zero-order chi connectivity index (χ0) is 66.5. The average Bonchev–Trinajstić information content (AvgIpc) is 1.69. The van der Waals surface area contributed by atoms with E-state index in [1.54, 1.807) is 15.6 Å². The van der Waals surface area contributed by atoms with Crippen LogP contribution in [0.2, 0.25) is 0 Å². The molecule has 522 valence electrons. The molecule has 0 saturated carbocycles. The standard InChI is InChI=1S/C65H114N20O8/c1-4-44-91-46-48-93-49-47-92-45-34-72-63-73-64(82-39-35-80(36-40-82)58(87)27-18-14-10-6-8-12-16-22-31-69-60(89)56(25-20-21-30-66)84-51-54(29-43-86)76-78-84)75-65(74-63)83-41-37-81(38-42-83)59(88)28-19-15-11-7-9-13-17-23-32-70-61(90)57(26-24-33-71-62(67)68)85-52-55(77-79-85)50-53(3)5-2/h1,51-53,56-57,86H,5-50,66H2,2-3H3,(H,69,89)(H,70,90)(H4,67,68,71)(H,72,73,74,75)/t53-,56-,57-/m0/s1. The fraction of sp³-hybridized carbons (Fsp3) is 0.785. The molecule has 5 heterocycles. The van der Waals surface area contributed by atoms with Crippen LogP contribution in [0, 0.1) is 18.3 Å². The van der Waals surface area contributed by atoms with E-state index in [1.165, 1.54) is 0 Å². The number of rotatable bonds is 52. The average molecular weight is 1300 g/mol. The third-order valence-corrected chi connectivity index (χ3v) is 17.0. The quantitative estimate of drug-likeness (QED) is 0.0177. The SMILES string of the molecule is C#CCOCCOCCOCCNc1nc(N2CCN(C(=O)CCCCCCCCCCNC(=O)[C@H](CCCCN)n3cc(CCO)nn3)CC2)nc(N2CCN(C(=O)CCCCCCCCCCNC(=O)[C@H](CCCN=C(N)N)n3cc(C[C@@H](C)CC)nn3)CC2)n1. The first-order valence-electron chi connectivity index (χ1n) is 34.9. The maximum Gasteiger partial charge on any atom is 0.244 e. The van der Waals surface area contributed by atoms with E-state index < -0.39 is 12.1 Å². The van der Waals surface area contributed by atoms with Crippen LogP contribution in [-0.4, -0.2) is 221 Å². The molecule has 2 saturated heterocycles. The van der Waals surface area contributed by atoms with Crippen molar-refractivity contribution in [3.8, 4) is 12.3 Å². The Kier molecular flexibility index (Phi) is 39.0. The molecule has 2 fully saturated rings. The summed E-state index contributed by atoms with van der Waals surface area (Å²) >= 11 is 0. The first-order chi connectivity index (χ1) is 45.4. The van der Waals surface area contributed by atoms with Crippen LogP contribution in [0.5, 0.6) is 0 Å². The van der Waals surface area contributed by atoms with Crippen molar-refractivity contribution >= 4 is 47.4 Å². The Bertz CT molecular complexity index is 2600. The number of guanidine groups is 1. The van der Waals surface area contributed by atoms with Crippen LogP contribution in [0.15, 0.2) is 17.4 Å². The minimum atomic E-state index is -0.475. The van der Waals surface area contributed by atoms with Crippen molar-refractivity contribution in [2.45, 2.75) is 193 Å². The van der Waals surface area contributed by atoms with Crippen LogP contribution in [0.1, 0.15) is 191 Å². The van der Waals surface area contributed by atoms with Crippen LogP contribution >= 0.6 is 0 Å². The lowest BCUT2D eigenvalue weighted by Gasteiger charge is -2.36. The highest BCUT2D eigenvalue weighted by atomic mass is 16.5. The van der Waals surface area contributed by atoms with Crippen molar-refractivity contribution in [1.82, 2.24) is 65.4 Å². The smallest absolute Gasteiger partial charge is 0.244 e. The first kappa shape index (κ1) is 76.9. The van der Waals surface area contributed by atoms with Crippen molar-refractivity contribution in [3.63, 3.8) is 0 Å². The third kappa shape index (κ3) is 31.3. The molecule has 3 aromatic heterocycles. The monoisotopic (exact) mass is 1300 g/mol. The molecule has 93 heavy (non-hydrogen) atoms. The molecular weight excluding hydrogens is 1190 g/mol. The molecule has 10 N–H and O–H groups in total. The van der Waals surface area contributed by atoms with Crippen LogP contribution in [0.3, 0.4) is 0 Å². The molecule has 0 bridgehead atoms. The molecule has 0 unspecified atom stereocenters. The van der Waals surface area contributed by atoms with Gasteiger partial charge >= 0.3 is 0 Å². The number of piperazine rings is 2. The fourth-order valence-corrected chi connectivity index (χ4v) is 11.2. The van der Waals surface area contributed by atoms with Gasteiger partial charge in [-0.1, -0.05) is 114 Å². The molecule has 5 rings (SSSR count). The van der Waals surface area contributed by atoms with E-state index in [0.29, 0.717) is 186 Å². The lowest BCUT2D eigenvalue weighted by Crippen LogP contribution is -2.50. The Morgan fingerprint density at radius 2 is 1.09 bits per heavy atom. The maximum absolute atomic E-state index is 13.4. The van der Waals surface area contributed by atoms with Crippen LogP contribution in [0.25, 0.3) is 0 Å². The molecule has 4 amide bonds. The minimum Gasteiger partial charge on any atom is -0.396 e. The highest BCUT2D eigenvalue weighted by Crippen LogP contribution is 2.23. The Labute approximate surface area is 552 Å². The van der Waals surface area contributed by atoms with Crippen molar-refractivity contribution in [2.24, 2.45) is 28.1 Å².